The molecule has 0 unspecified atom stereocenters. The van der Waals surface area contributed by atoms with Gasteiger partial charge in [0.2, 0.25) is 0 Å². The zero-order chi connectivity index (χ0) is 9.97. The van der Waals surface area contributed by atoms with Crippen LogP contribution >= 0.6 is 0 Å². The summed E-state index contributed by atoms with van der Waals surface area (Å²) in [5.41, 5.74) is 2.33. The summed E-state index contributed by atoms with van der Waals surface area (Å²) in [4.78, 5) is 0. The second-order valence-corrected chi connectivity index (χ2v) is 4.02. The maximum atomic E-state index is 4.10. The van der Waals surface area contributed by atoms with Crippen LogP contribution in [0.5, 0.6) is 0 Å². The first-order valence-electron chi connectivity index (χ1n) is 4.96. The Morgan fingerprint density at radius 2 is 2.07 bits per heavy atom. The molecule has 0 N–H and O–H groups in total. The van der Waals surface area contributed by atoms with E-state index in [1.807, 2.05) is 6.07 Å². The molecule has 72 valence electrons. The molecule has 0 radical (unpaired) electrons. The molecule has 0 aliphatic carbocycles. The summed E-state index contributed by atoms with van der Waals surface area (Å²) in [6.07, 6.45) is 2.83. The molecule has 2 heteroatoms. The lowest BCUT2D eigenvalue weighted by atomic mass is 10.0. The molecule has 0 amide bonds. The van der Waals surface area contributed by atoms with Crippen molar-refractivity contribution in [1.29, 1.82) is 0 Å². The summed E-state index contributed by atoms with van der Waals surface area (Å²) in [6.45, 7) is 4.45. The average Bonchev–Trinajstić information content (AvgIpc) is 2.17. The molecule has 0 bridgehead atoms. The molecule has 0 saturated carbocycles. The number of benzene rings is 1. The zero-order valence-corrected chi connectivity index (χ0v) is 8.57. The smallest absolute Gasteiger partial charge is 0.0932 e. The summed E-state index contributed by atoms with van der Waals surface area (Å²) < 4.78 is 0. The number of fused-ring (bicyclic) bond motifs is 1. The topological polar surface area (TPSA) is 25.8 Å². The Kier molecular flexibility index (Phi) is 2.44. The fraction of sp³-hybridized carbons (Fsp3) is 0.333. The van der Waals surface area contributed by atoms with Crippen molar-refractivity contribution in [3.05, 3.63) is 36.0 Å². The van der Waals surface area contributed by atoms with Gasteiger partial charge in [-0.05, 0) is 30.0 Å². The molecule has 0 aliphatic heterocycles. The minimum absolute atomic E-state index is 0.684. The van der Waals surface area contributed by atoms with Crippen LogP contribution in [0.4, 0.5) is 0 Å². The molecule has 2 nitrogen and oxygen atoms in total. The van der Waals surface area contributed by atoms with Crippen LogP contribution in [0, 0.1) is 5.92 Å². The van der Waals surface area contributed by atoms with Crippen molar-refractivity contribution in [2.45, 2.75) is 20.3 Å². The van der Waals surface area contributed by atoms with Gasteiger partial charge in [-0.25, -0.2) is 0 Å². The maximum absolute atomic E-state index is 4.10. The van der Waals surface area contributed by atoms with E-state index >= 15 is 0 Å². The Bertz CT molecular complexity index is 435. The van der Waals surface area contributed by atoms with Crippen molar-refractivity contribution >= 4 is 10.9 Å². The van der Waals surface area contributed by atoms with E-state index in [-0.39, 0.29) is 0 Å². The van der Waals surface area contributed by atoms with Crippen molar-refractivity contribution in [1.82, 2.24) is 10.2 Å². The highest BCUT2D eigenvalue weighted by molar-refractivity contribution is 5.78. The van der Waals surface area contributed by atoms with Gasteiger partial charge < -0.3 is 0 Å². The number of hydrogen-bond acceptors (Lipinski definition) is 2. The van der Waals surface area contributed by atoms with Crippen molar-refractivity contribution in [3.63, 3.8) is 0 Å². The Balaban J connectivity index is 2.41. The predicted octanol–water partition coefficient (Wildman–Crippen LogP) is 2.83. The molecule has 0 fully saturated rings. The number of rotatable bonds is 2. The monoisotopic (exact) mass is 186 g/mol. The minimum atomic E-state index is 0.684. The molecule has 0 spiro atoms. The Morgan fingerprint density at radius 1 is 1.21 bits per heavy atom. The molecular formula is C12H14N2. The first kappa shape index (κ1) is 9.13. The van der Waals surface area contributed by atoms with E-state index in [4.69, 9.17) is 0 Å². The van der Waals surface area contributed by atoms with E-state index in [2.05, 4.69) is 42.2 Å². The number of nitrogens with zero attached hydrogens (tertiary/aromatic N) is 2. The normalized spacial score (nSPS) is 11.1. The lowest BCUT2D eigenvalue weighted by molar-refractivity contribution is 0.647. The maximum Gasteiger partial charge on any atom is 0.0932 e. The molecular weight excluding hydrogens is 172 g/mol. The van der Waals surface area contributed by atoms with E-state index in [9.17, 15) is 0 Å². The van der Waals surface area contributed by atoms with Crippen LogP contribution < -0.4 is 0 Å². The summed E-state index contributed by atoms with van der Waals surface area (Å²) in [6, 6.07) is 8.40. The van der Waals surface area contributed by atoms with Gasteiger partial charge in [0.05, 0.1) is 11.7 Å². The van der Waals surface area contributed by atoms with Crippen LogP contribution in [0.1, 0.15) is 19.4 Å². The fourth-order valence-electron chi connectivity index (χ4n) is 1.62. The fourth-order valence-corrected chi connectivity index (χ4v) is 1.62. The first-order chi connectivity index (χ1) is 6.75. The summed E-state index contributed by atoms with van der Waals surface area (Å²) in [5.74, 6) is 0.684. The van der Waals surface area contributed by atoms with E-state index in [1.54, 1.807) is 6.20 Å². The number of aromatic nitrogens is 2. The van der Waals surface area contributed by atoms with Gasteiger partial charge in [-0.1, -0.05) is 26.0 Å². The van der Waals surface area contributed by atoms with Gasteiger partial charge >= 0.3 is 0 Å². The van der Waals surface area contributed by atoms with Gasteiger partial charge in [0.25, 0.3) is 0 Å². The molecule has 2 aromatic rings. The van der Waals surface area contributed by atoms with Crippen LogP contribution in [0.15, 0.2) is 30.5 Å². The molecule has 0 saturated heterocycles. The minimum Gasteiger partial charge on any atom is -0.159 e. The van der Waals surface area contributed by atoms with E-state index < -0.39 is 0 Å². The van der Waals surface area contributed by atoms with Crippen LogP contribution in [0.2, 0.25) is 0 Å². The standard InChI is InChI=1S/C12H14N2/c1-9(2)7-10-3-4-11-5-6-13-14-12(11)8-10/h3-6,8-9H,7H2,1-2H3. The highest BCUT2D eigenvalue weighted by Crippen LogP contribution is 2.14. The molecule has 1 aromatic carbocycles. The highest BCUT2D eigenvalue weighted by Gasteiger charge is 1.99. The van der Waals surface area contributed by atoms with Crippen molar-refractivity contribution in [2.24, 2.45) is 5.92 Å². The van der Waals surface area contributed by atoms with Crippen LogP contribution in [0.3, 0.4) is 0 Å². The van der Waals surface area contributed by atoms with Crippen LogP contribution in [-0.4, -0.2) is 10.2 Å². The molecule has 1 aromatic heterocycles. The van der Waals surface area contributed by atoms with Crippen molar-refractivity contribution in [2.75, 3.05) is 0 Å². The van der Waals surface area contributed by atoms with Crippen molar-refractivity contribution < 1.29 is 0 Å². The second-order valence-electron chi connectivity index (χ2n) is 4.02. The summed E-state index contributed by atoms with van der Waals surface area (Å²) >= 11 is 0. The third-order valence-corrected chi connectivity index (χ3v) is 2.23. The third kappa shape index (κ3) is 1.90. The van der Waals surface area contributed by atoms with E-state index in [0.717, 1.165) is 17.3 Å². The Labute approximate surface area is 84.0 Å². The van der Waals surface area contributed by atoms with Gasteiger partial charge in [-0.2, -0.15) is 10.2 Å². The van der Waals surface area contributed by atoms with Gasteiger partial charge in [0, 0.05) is 5.39 Å². The van der Waals surface area contributed by atoms with E-state index in [1.165, 1.54) is 5.56 Å². The molecule has 0 atom stereocenters. The molecule has 0 aliphatic rings. The van der Waals surface area contributed by atoms with E-state index in [0.29, 0.717) is 5.92 Å². The first-order valence-corrected chi connectivity index (χ1v) is 4.96. The van der Waals surface area contributed by atoms with Gasteiger partial charge in [-0.15, -0.1) is 0 Å². The second kappa shape index (κ2) is 3.74. The SMILES string of the molecule is CC(C)Cc1ccc2ccnnc2c1. The quantitative estimate of drug-likeness (QED) is 0.720. The molecule has 2 rings (SSSR count). The van der Waals surface area contributed by atoms with Crippen LogP contribution in [-0.2, 0) is 6.42 Å². The third-order valence-electron chi connectivity index (χ3n) is 2.23. The average molecular weight is 186 g/mol. The summed E-state index contributed by atoms with van der Waals surface area (Å²) in [5, 5.41) is 9.14. The zero-order valence-electron chi connectivity index (χ0n) is 8.57. The van der Waals surface area contributed by atoms with Gasteiger partial charge in [0.1, 0.15) is 0 Å². The molecule has 14 heavy (non-hydrogen) atoms. The number of hydrogen-bond donors (Lipinski definition) is 0. The Morgan fingerprint density at radius 3 is 2.86 bits per heavy atom. The largest absolute Gasteiger partial charge is 0.159 e. The van der Waals surface area contributed by atoms with Crippen LogP contribution in [0.25, 0.3) is 10.9 Å². The highest BCUT2D eigenvalue weighted by atomic mass is 15.1. The Hall–Kier alpha value is -1.44. The van der Waals surface area contributed by atoms with Crippen molar-refractivity contribution in [3.8, 4) is 0 Å². The van der Waals surface area contributed by atoms with Gasteiger partial charge in [-0.3, -0.25) is 0 Å². The molecule has 1 heterocycles. The van der Waals surface area contributed by atoms with Gasteiger partial charge in [0.15, 0.2) is 0 Å². The summed E-state index contributed by atoms with van der Waals surface area (Å²) in [7, 11) is 0. The lowest BCUT2D eigenvalue weighted by Gasteiger charge is -2.05. The lowest BCUT2D eigenvalue weighted by Crippen LogP contribution is -1.94. The predicted molar refractivity (Wildman–Crippen MR) is 58.1 cm³/mol.